The first-order valence-electron chi connectivity index (χ1n) is 6.28. The van der Waals surface area contributed by atoms with Gasteiger partial charge in [0.25, 0.3) is 0 Å². The number of amides is 1. The van der Waals surface area contributed by atoms with E-state index < -0.39 is 0 Å². The van der Waals surface area contributed by atoms with Crippen LogP contribution in [0, 0.1) is 11.8 Å². The molecule has 5 heteroatoms. The lowest BCUT2D eigenvalue weighted by atomic mass is 10.1. The predicted molar refractivity (Wildman–Crippen MR) is 69.1 cm³/mol. The highest BCUT2D eigenvalue weighted by atomic mass is 35.5. The number of carbonyl (C=O) groups is 1. The number of carbonyl (C=O) groups excluding carboxylic acids is 1. The SMILES string of the molecule is CC1CC(CN)CN1C(=O)COCC1CC1.Cl. The van der Waals surface area contributed by atoms with Crippen molar-refractivity contribution < 1.29 is 9.53 Å². The second-order valence-electron chi connectivity index (χ2n) is 5.19. The molecule has 0 radical (unpaired) electrons. The number of nitrogens with zero attached hydrogens (tertiary/aromatic N) is 1. The van der Waals surface area contributed by atoms with Gasteiger partial charge in [-0.3, -0.25) is 4.79 Å². The number of rotatable bonds is 5. The van der Waals surface area contributed by atoms with E-state index >= 15 is 0 Å². The molecular formula is C12H23ClN2O2. The largest absolute Gasteiger partial charge is 0.371 e. The maximum absolute atomic E-state index is 11.9. The molecule has 1 heterocycles. The lowest BCUT2D eigenvalue weighted by Gasteiger charge is -2.21. The molecule has 0 spiro atoms. The van der Waals surface area contributed by atoms with Crippen molar-refractivity contribution in [2.45, 2.75) is 32.2 Å². The molecule has 2 aliphatic rings. The molecule has 17 heavy (non-hydrogen) atoms. The van der Waals surface area contributed by atoms with Crippen LogP contribution in [0.5, 0.6) is 0 Å². The van der Waals surface area contributed by atoms with Crippen LogP contribution < -0.4 is 5.73 Å². The van der Waals surface area contributed by atoms with Crippen LogP contribution >= 0.6 is 12.4 Å². The van der Waals surface area contributed by atoms with Crippen LogP contribution in [0.25, 0.3) is 0 Å². The minimum atomic E-state index is 0. The van der Waals surface area contributed by atoms with Gasteiger partial charge in [0.05, 0.1) is 6.61 Å². The standard InChI is InChI=1S/C12H22N2O2.ClH/c1-9-4-11(5-13)6-14(9)12(15)8-16-7-10-2-3-10;/h9-11H,2-8,13H2,1H3;1H. The zero-order chi connectivity index (χ0) is 11.5. The average molecular weight is 263 g/mol. The van der Waals surface area contributed by atoms with E-state index in [1.807, 2.05) is 4.90 Å². The Morgan fingerprint density at radius 2 is 2.12 bits per heavy atom. The second kappa shape index (κ2) is 6.57. The van der Waals surface area contributed by atoms with Crippen LogP contribution in [-0.4, -0.2) is 43.2 Å². The van der Waals surface area contributed by atoms with Gasteiger partial charge in [-0.2, -0.15) is 0 Å². The number of halogens is 1. The molecular weight excluding hydrogens is 240 g/mol. The fraction of sp³-hybridized carbons (Fsp3) is 0.917. The zero-order valence-electron chi connectivity index (χ0n) is 10.4. The van der Waals surface area contributed by atoms with Crippen LogP contribution in [0.15, 0.2) is 0 Å². The summed E-state index contributed by atoms with van der Waals surface area (Å²) in [5.74, 6) is 1.33. The van der Waals surface area contributed by atoms with Crippen molar-refractivity contribution in [3.8, 4) is 0 Å². The van der Waals surface area contributed by atoms with Gasteiger partial charge < -0.3 is 15.4 Å². The molecule has 2 N–H and O–H groups in total. The van der Waals surface area contributed by atoms with Crippen molar-refractivity contribution in [3.63, 3.8) is 0 Å². The molecule has 2 unspecified atom stereocenters. The van der Waals surface area contributed by atoms with E-state index in [4.69, 9.17) is 10.5 Å². The molecule has 4 nitrogen and oxygen atoms in total. The van der Waals surface area contributed by atoms with E-state index in [9.17, 15) is 4.79 Å². The zero-order valence-corrected chi connectivity index (χ0v) is 11.2. The Morgan fingerprint density at radius 3 is 2.65 bits per heavy atom. The van der Waals surface area contributed by atoms with Crippen LogP contribution in [-0.2, 0) is 9.53 Å². The minimum Gasteiger partial charge on any atom is -0.371 e. The highest BCUT2D eigenvalue weighted by Crippen LogP contribution is 2.29. The summed E-state index contributed by atoms with van der Waals surface area (Å²) in [4.78, 5) is 13.8. The molecule has 1 saturated heterocycles. The first kappa shape index (κ1) is 14.7. The monoisotopic (exact) mass is 262 g/mol. The topological polar surface area (TPSA) is 55.6 Å². The number of ether oxygens (including phenoxy) is 1. The Balaban J connectivity index is 0.00000144. The number of nitrogens with two attached hydrogens (primary N) is 1. The Labute approximate surface area is 109 Å². The number of hydrogen-bond acceptors (Lipinski definition) is 3. The van der Waals surface area contributed by atoms with Crippen molar-refractivity contribution in [2.75, 3.05) is 26.3 Å². The van der Waals surface area contributed by atoms with Gasteiger partial charge in [0.15, 0.2) is 0 Å². The highest BCUT2D eigenvalue weighted by molar-refractivity contribution is 5.85. The number of hydrogen-bond donors (Lipinski definition) is 1. The quantitative estimate of drug-likeness (QED) is 0.805. The first-order chi connectivity index (χ1) is 7.70. The molecule has 0 bridgehead atoms. The van der Waals surface area contributed by atoms with Crippen molar-refractivity contribution in [3.05, 3.63) is 0 Å². The molecule has 0 aromatic carbocycles. The van der Waals surface area contributed by atoms with Crippen LogP contribution in [0.2, 0.25) is 0 Å². The summed E-state index contributed by atoms with van der Waals surface area (Å²) < 4.78 is 5.43. The molecule has 2 atom stereocenters. The van der Waals surface area contributed by atoms with E-state index in [0.717, 1.165) is 25.5 Å². The van der Waals surface area contributed by atoms with Gasteiger partial charge in [0.2, 0.25) is 5.91 Å². The summed E-state index contributed by atoms with van der Waals surface area (Å²) >= 11 is 0. The maximum atomic E-state index is 11.9. The highest BCUT2D eigenvalue weighted by Gasteiger charge is 2.31. The Morgan fingerprint density at radius 1 is 1.41 bits per heavy atom. The average Bonchev–Trinajstić information content (AvgIpc) is 3.00. The van der Waals surface area contributed by atoms with Crippen molar-refractivity contribution in [1.29, 1.82) is 0 Å². The van der Waals surface area contributed by atoms with Gasteiger partial charge in [0, 0.05) is 12.6 Å². The van der Waals surface area contributed by atoms with Gasteiger partial charge >= 0.3 is 0 Å². The number of likely N-dealkylation sites (tertiary alicyclic amines) is 1. The van der Waals surface area contributed by atoms with Crippen molar-refractivity contribution >= 4 is 18.3 Å². The first-order valence-corrected chi connectivity index (χ1v) is 6.28. The molecule has 2 rings (SSSR count). The van der Waals surface area contributed by atoms with E-state index in [1.54, 1.807) is 0 Å². The Bertz CT molecular complexity index is 259. The summed E-state index contributed by atoms with van der Waals surface area (Å²) in [6.07, 6.45) is 3.57. The maximum Gasteiger partial charge on any atom is 0.248 e. The van der Waals surface area contributed by atoms with Gasteiger partial charge in [-0.15, -0.1) is 12.4 Å². The van der Waals surface area contributed by atoms with E-state index in [0.29, 0.717) is 18.5 Å². The molecule has 1 saturated carbocycles. The van der Waals surface area contributed by atoms with E-state index in [2.05, 4.69) is 6.92 Å². The molecule has 1 aliphatic carbocycles. The smallest absolute Gasteiger partial charge is 0.248 e. The molecule has 0 aromatic heterocycles. The van der Waals surface area contributed by atoms with Crippen molar-refractivity contribution in [1.82, 2.24) is 4.90 Å². The fourth-order valence-corrected chi connectivity index (χ4v) is 2.34. The molecule has 1 aliphatic heterocycles. The van der Waals surface area contributed by atoms with E-state index in [-0.39, 0.29) is 24.9 Å². The van der Waals surface area contributed by atoms with Gasteiger partial charge in [-0.05, 0) is 44.6 Å². The lowest BCUT2D eigenvalue weighted by molar-refractivity contribution is -0.136. The molecule has 2 fully saturated rings. The lowest BCUT2D eigenvalue weighted by Crippen LogP contribution is -2.37. The fourth-order valence-electron chi connectivity index (χ4n) is 2.34. The normalized spacial score (nSPS) is 28.0. The molecule has 100 valence electrons. The second-order valence-corrected chi connectivity index (χ2v) is 5.19. The third-order valence-electron chi connectivity index (χ3n) is 3.59. The molecule has 1 amide bonds. The van der Waals surface area contributed by atoms with E-state index in [1.165, 1.54) is 12.8 Å². The van der Waals surface area contributed by atoms with Crippen molar-refractivity contribution in [2.24, 2.45) is 17.6 Å². The summed E-state index contributed by atoms with van der Waals surface area (Å²) in [5.41, 5.74) is 5.64. The summed E-state index contributed by atoms with van der Waals surface area (Å²) in [7, 11) is 0. The Kier molecular flexibility index (Phi) is 5.70. The summed E-state index contributed by atoms with van der Waals surface area (Å²) in [5, 5.41) is 0. The Hall–Kier alpha value is -0.320. The third kappa shape index (κ3) is 4.12. The van der Waals surface area contributed by atoms with Crippen LogP contribution in [0.3, 0.4) is 0 Å². The van der Waals surface area contributed by atoms with Crippen LogP contribution in [0.1, 0.15) is 26.2 Å². The van der Waals surface area contributed by atoms with Gasteiger partial charge in [-0.1, -0.05) is 0 Å². The predicted octanol–water partition coefficient (Wildman–Crippen LogP) is 1.03. The third-order valence-corrected chi connectivity index (χ3v) is 3.59. The summed E-state index contributed by atoms with van der Waals surface area (Å²) in [6, 6.07) is 0.325. The molecule has 0 aromatic rings. The van der Waals surface area contributed by atoms with Gasteiger partial charge in [-0.25, -0.2) is 0 Å². The minimum absolute atomic E-state index is 0. The van der Waals surface area contributed by atoms with Gasteiger partial charge in [0.1, 0.15) is 6.61 Å². The summed E-state index contributed by atoms with van der Waals surface area (Å²) in [6.45, 7) is 4.58. The van der Waals surface area contributed by atoms with Crippen LogP contribution in [0.4, 0.5) is 0 Å².